The zero-order valence-corrected chi connectivity index (χ0v) is 22.6. The molecule has 0 aliphatic carbocycles. The highest BCUT2D eigenvalue weighted by Crippen LogP contribution is 2.09. The van der Waals surface area contributed by atoms with Crippen molar-refractivity contribution in [2.75, 3.05) is 20.1 Å². The molecule has 0 unspecified atom stereocenters. The summed E-state index contributed by atoms with van der Waals surface area (Å²) in [6, 6.07) is 15.6. The number of primary amides is 1. The number of rotatable bonds is 14. The third-order valence-electron chi connectivity index (χ3n) is 5.79. The quantitative estimate of drug-likeness (QED) is 0.244. The Labute approximate surface area is 229 Å². The molecule has 11 nitrogen and oxygen atoms in total. The predicted molar refractivity (Wildman–Crippen MR) is 146 cm³/mol. The largest absolute Gasteiger partial charge is 0.445 e. The second-order valence-electron chi connectivity index (χ2n) is 9.76. The normalized spacial score (nSPS) is 13.1. The molecule has 0 aliphatic rings. The van der Waals surface area contributed by atoms with Gasteiger partial charge in [-0.25, -0.2) is 9.59 Å². The SMILES string of the molecule is CC(C)CNC(=O)N(C)C[C@@H](O)[C@H](Cc1ccccc1)NC(=O)[C@H](CC(N)=O)NC(=O)OCc1ccccc1. The standard InChI is InChI=1S/C28H39N5O6/c1-19(2)16-30-27(37)33(3)17-24(34)22(14-20-10-6-4-7-11-20)31-26(36)23(15-25(29)35)32-28(38)39-18-21-12-8-5-9-13-21/h4-13,19,22-24,34H,14-18H2,1-3H3,(H2,29,35)(H,30,37)(H,31,36)(H,32,38)/t22-,23-,24+/m0/s1. The molecule has 2 aromatic rings. The second-order valence-corrected chi connectivity index (χ2v) is 9.76. The Morgan fingerprint density at radius 3 is 2.10 bits per heavy atom. The van der Waals surface area contributed by atoms with Gasteiger partial charge in [-0.2, -0.15) is 0 Å². The van der Waals surface area contributed by atoms with E-state index in [0.717, 1.165) is 11.1 Å². The number of nitrogens with two attached hydrogens (primary N) is 1. The van der Waals surface area contributed by atoms with E-state index in [1.165, 1.54) is 4.90 Å². The predicted octanol–water partition coefficient (Wildman–Crippen LogP) is 1.54. The highest BCUT2D eigenvalue weighted by atomic mass is 16.5. The monoisotopic (exact) mass is 541 g/mol. The van der Waals surface area contributed by atoms with Gasteiger partial charge in [0.15, 0.2) is 0 Å². The number of carbonyl (C=O) groups excluding carboxylic acids is 4. The average molecular weight is 542 g/mol. The molecule has 0 aromatic heterocycles. The molecule has 0 aliphatic heterocycles. The van der Waals surface area contributed by atoms with Crippen molar-refractivity contribution in [3.8, 4) is 0 Å². The minimum atomic E-state index is -1.33. The molecule has 39 heavy (non-hydrogen) atoms. The summed E-state index contributed by atoms with van der Waals surface area (Å²) in [5.41, 5.74) is 6.90. The molecule has 5 amide bonds. The van der Waals surface area contributed by atoms with Crippen LogP contribution in [0.3, 0.4) is 0 Å². The smallest absolute Gasteiger partial charge is 0.408 e. The van der Waals surface area contributed by atoms with Crippen molar-refractivity contribution in [2.45, 2.75) is 51.5 Å². The summed E-state index contributed by atoms with van der Waals surface area (Å²) < 4.78 is 5.17. The number of likely N-dealkylation sites (N-methyl/N-ethyl adjacent to an activating group) is 1. The highest BCUT2D eigenvalue weighted by molar-refractivity contribution is 5.90. The molecule has 0 saturated carbocycles. The minimum Gasteiger partial charge on any atom is -0.445 e. The lowest BCUT2D eigenvalue weighted by atomic mass is 10.00. The number of alkyl carbamates (subject to hydrolysis) is 1. The molecule has 0 heterocycles. The molecule has 3 atom stereocenters. The lowest BCUT2D eigenvalue weighted by Crippen LogP contribution is -2.56. The van der Waals surface area contributed by atoms with Crippen molar-refractivity contribution in [3.05, 3.63) is 71.8 Å². The number of carbonyl (C=O) groups is 4. The summed E-state index contributed by atoms with van der Waals surface area (Å²) in [7, 11) is 1.54. The Morgan fingerprint density at radius 2 is 1.54 bits per heavy atom. The molecule has 0 radical (unpaired) electrons. The molecule has 6 N–H and O–H groups in total. The maximum Gasteiger partial charge on any atom is 0.408 e. The van der Waals surface area contributed by atoms with Gasteiger partial charge in [0.1, 0.15) is 12.6 Å². The van der Waals surface area contributed by atoms with Crippen molar-refractivity contribution in [1.29, 1.82) is 0 Å². The van der Waals surface area contributed by atoms with E-state index in [0.29, 0.717) is 6.54 Å². The summed E-state index contributed by atoms with van der Waals surface area (Å²) in [5, 5.41) is 18.9. The third kappa shape index (κ3) is 11.9. The minimum absolute atomic E-state index is 0.0296. The van der Waals surface area contributed by atoms with Gasteiger partial charge in [0.25, 0.3) is 0 Å². The van der Waals surface area contributed by atoms with Crippen molar-refractivity contribution in [1.82, 2.24) is 20.9 Å². The van der Waals surface area contributed by atoms with Crippen LogP contribution in [0.5, 0.6) is 0 Å². The molecule has 0 fully saturated rings. The summed E-state index contributed by atoms with van der Waals surface area (Å²) in [6.07, 6.45) is -2.31. The fraction of sp³-hybridized carbons (Fsp3) is 0.429. The number of aliphatic hydroxyl groups is 1. The van der Waals surface area contributed by atoms with Crippen LogP contribution < -0.4 is 21.7 Å². The Hall–Kier alpha value is -4.12. The van der Waals surface area contributed by atoms with Crippen LogP contribution >= 0.6 is 0 Å². The average Bonchev–Trinajstić information content (AvgIpc) is 2.90. The van der Waals surface area contributed by atoms with Gasteiger partial charge in [-0.3, -0.25) is 9.59 Å². The maximum absolute atomic E-state index is 13.2. The van der Waals surface area contributed by atoms with Crippen LogP contribution in [0.1, 0.15) is 31.4 Å². The molecule has 2 rings (SSSR count). The van der Waals surface area contributed by atoms with Crippen molar-refractivity contribution >= 4 is 23.9 Å². The van der Waals surface area contributed by atoms with Gasteiger partial charge in [0.2, 0.25) is 11.8 Å². The first-order valence-corrected chi connectivity index (χ1v) is 12.8. The summed E-state index contributed by atoms with van der Waals surface area (Å²) in [6.45, 7) is 4.31. The number of ether oxygens (including phenoxy) is 1. The van der Waals surface area contributed by atoms with Gasteiger partial charge in [-0.1, -0.05) is 74.5 Å². The number of hydrogen-bond donors (Lipinski definition) is 5. The number of amides is 5. The lowest BCUT2D eigenvalue weighted by Gasteiger charge is -2.29. The Morgan fingerprint density at radius 1 is 0.949 bits per heavy atom. The molecular formula is C28H39N5O6. The fourth-order valence-corrected chi connectivity index (χ4v) is 3.67. The lowest BCUT2D eigenvalue weighted by molar-refractivity contribution is -0.128. The van der Waals surface area contributed by atoms with E-state index in [1.807, 2.05) is 50.2 Å². The van der Waals surface area contributed by atoms with Gasteiger partial charge >= 0.3 is 12.1 Å². The van der Waals surface area contributed by atoms with Crippen LogP contribution in [0, 0.1) is 5.92 Å². The fourth-order valence-electron chi connectivity index (χ4n) is 3.67. The first kappa shape index (κ1) is 31.1. The zero-order valence-electron chi connectivity index (χ0n) is 22.6. The van der Waals surface area contributed by atoms with Crippen LogP contribution in [0.4, 0.5) is 9.59 Å². The maximum atomic E-state index is 13.2. The van der Waals surface area contributed by atoms with Crippen molar-refractivity contribution in [2.24, 2.45) is 11.7 Å². The molecule has 0 spiro atoms. The Kier molecular flexibility index (Phi) is 12.7. The van der Waals surface area contributed by atoms with Crippen molar-refractivity contribution in [3.63, 3.8) is 0 Å². The van der Waals surface area contributed by atoms with Crippen LogP contribution in [0.15, 0.2) is 60.7 Å². The zero-order chi connectivity index (χ0) is 28.8. The van der Waals surface area contributed by atoms with Gasteiger partial charge in [-0.15, -0.1) is 0 Å². The van der Waals surface area contributed by atoms with Crippen molar-refractivity contribution < 1.29 is 29.0 Å². The van der Waals surface area contributed by atoms with Crippen LogP contribution in [0.2, 0.25) is 0 Å². The summed E-state index contributed by atoms with van der Waals surface area (Å²) in [4.78, 5) is 51.0. The van der Waals surface area contributed by atoms with Gasteiger partial charge in [-0.05, 0) is 23.5 Å². The number of urea groups is 1. The number of nitrogens with one attached hydrogen (secondary N) is 3. The van der Waals surface area contributed by atoms with Crippen LogP contribution in [-0.4, -0.2) is 72.3 Å². The van der Waals surface area contributed by atoms with E-state index in [9.17, 15) is 24.3 Å². The van der Waals surface area contributed by atoms with Gasteiger partial charge < -0.3 is 36.4 Å². The number of hydrogen-bond acceptors (Lipinski definition) is 6. The molecule has 212 valence electrons. The van der Waals surface area contributed by atoms with Crippen LogP contribution in [0.25, 0.3) is 0 Å². The summed E-state index contributed by atoms with van der Waals surface area (Å²) in [5.74, 6) is -1.27. The molecule has 0 bridgehead atoms. The molecule has 2 aromatic carbocycles. The number of nitrogens with zero attached hydrogens (tertiary/aromatic N) is 1. The second kappa shape index (κ2) is 16.0. The van der Waals surface area contributed by atoms with E-state index in [-0.39, 0.29) is 31.5 Å². The van der Waals surface area contributed by atoms with Gasteiger partial charge in [0, 0.05) is 13.6 Å². The molecular weight excluding hydrogens is 502 g/mol. The number of benzene rings is 2. The topological polar surface area (TPSA) is 163 Å². The van der Waals surface area contributed by atoms with Crippen LogP contribution in [-0.2, 0) is 27.4 Å². The van der Waals surface area contributed by atoms with E-state index in [2.05, 4.69) is 16.0 Å². The summed E-state index contributed by atoms with van der Waals surface area (Å²) >= 11 is 0. The highest BCUT2D eigenvalue weighted by Gasteiger charge is 2.30. The Balaban J connectivity index is 2.10. The van der Waals surface area contributed by atoms with E-state index in [4.69, 9.17) is 10.5 Å². The number of aliphatic hydroxyl groups excluding tert-OH is 1. The first-order chi connectivity index (χ1) is 18.5. The van der Waals surface area contributed by atoms with E-state index in [1.54, 1.807) is 31.3 Å². The first-order valence-electron chi connectivity index (χ1n) is 12.8. The molecule has 11 heteroatoms. The molecule has 0 saturated heterocycles. The van der Waals surface area contributed by atoms with E-state index < -0.39 is 42.5 Å². The van der Waals surface area contributed by atoms with Gasteiger partial charge in [0.05, 0.1) is 25.1 Å². The van der Waals surface area contributed by atoms with E-state index >= 15 is 0 Å². The Bertz CT molecular complexity index is 1070. The third-order valence-corrected chi connectivity index (χ3v) is 5.79.